The molecule has 2 aromatic rings. The van der Waals surface area contributed by atoms with E-state index in [1.165, 1.54) is 31.2 Å². The monoisotopic (exact) mass is 312 g/mol. The van der Waals surface area contributed by atoms with Crippen molar-refractivity contribution >= 4 is 5.91 Å². The molecule has 1 heterocycles. The first-order valence-electron chi connectivity index (χ1n) is 8.48. The number of nitrogens with one attached hydrogen (secondary N) is 1. The summed E-state index contributed by atoms with van der Waals surface area (Å²) >= 11 is 0. The molecule has 0 spiro atoms. The number of aromatic nitrogens is 3. The number of rotatable bonds is 4. The highest BCUT2D eigenvalue weighted by Gasteiger charge is 2.18. The Morgan fingerprint density at radius 2 is 1.96 bits per heavy atom. The highest BCUT2D eigenvalue weighted by Crippen LogP contribution is 2.26. The van der Waals surface area contributed by atoms with Crippen LogP contribution in [-0.2, 0) is 6.54 Å². The fraction of sp³-hybridized carbons (Fsp3) is 0.500. The Hall–Kier alpha value is -2.17. The topological polar surface area (TPSA) is 59.8 Å². The summed E-state index contributed by atoms with van der Waals surface area (Å²) in [5, 5.41) is 11.2. The first kappa shape index (κ1) is 15.7. The van der Waals surface area contributed by atoms with Crippen LogP contribution in [-0.4, -0.2) is 20.9 Å². The summed E-state index contributed by atoms with van der Waals surface area (Å²) < 4.78 is 1.88. The molecule has 1 N–H and O–H groups in total. The summed E-state index contributed by atoms with van der Waals surface area (Å²) in [7, 11) is 0. The van der Waals surface area contributed by atoms with Crippen molar-refractivity contribution in [3.05, 3.63) is 47.3 Å². The van der Waals surface area contributed by atoms with Gasteiger partial charge in [0.25, 0.3) is 5.91 Å². The van der Waals surface area contributed by atoms with E-state index in [2.05, 4.69) is 15.6 Å². The molecule has 1 amide bonds. The van der Waals surface area contributed by atoms with Gasteiger partial charge in [-0.2, -0.15) is 0 Å². The Balaban J connectivity index is 1.61. The Morgan fingerprint density at radius 1 is 1.22 bits per heavy atom. The quantitative estimate of drug-likeness (QED) is 0.880. The smallest absolute Gasteiger partial charge is 0.273 e. The van der Waals surface area contributed by atoms with Crippen molar-refractivity contribution in [2.75, 3.05) is 0 Å². The normalized spacial score (nSPS) is 16.0. The molecule has 1 aliphatic rings. The van der Waals surface area contributed by atoms with Gasteiger partial charge in [0.2, 0.25) is 0 Å². The number of carbonyl (C=O) groups is 1. The minimum Gasteiger partial charge on any atom is -0.347 e. The van der Waals surface area contributed by atoms with E-state index < -0.39 is 0 Å². The molecule has 5 nitrogen and oxygen atoms in total. The van der Waals surface area contributed by atoms with Crippen molar-refractivity contribution in [3.8, 4) is 0 Å². The summed E-state index contributed by atoms with van der Waals surface area (Å²) in [6.07, 6.45) is 9.13. The van der Waals surface area contributed by atoms with Gasteiger partial charge in [-0.05, 0) is 30.9 Å². The molecule has 1 aliphatic carbocycles. The standard InChI is InChI=1S/C18H24N4O/c1-14-8-6-7-9-15(14)12-19-18(23)17-13-22(21-20-17)16-10-4-2-3-5-11-16/h6-9,13,16H,2-5,10-12H2,1H3,(H,19,23). The SMILES string of the molecule is Cc1ccccc1CNC(=O)c1cn(C2CCCCCC2)nn1. The number of hydrogen-bond donors (Lipinski definition) is 1. The Kier molecular flexibility index (Phi) is 5.05. The van der Waals surface area contributed by atoms with Crippen LogP contribution in [0.5, 0.6) is 0 Å². The summed E-state index contributed by atoms with van der Waals surface area (Å²) in [4.78, 5) is 12.3. The Labute approximate surface area is 137 Å². The van der Waals surface area contributed by atoms with Crippen LogP contribution in [0.25, 0.3) is 0 Å². The molecule has 1 saturated carbocycles. The maximum Gasteiger partial charge on any atom is 0.273 e. The van der Waals surface area contributed by atoms with E-state index in [0.29, 0.717) is 18.3 Å². The molecule has 0 saturated heterocycles. The summed E-state index contributed by atoms with van der Waals surface area (Å²) in [6, 6.07) is 8.44. The second-order valence-electron chi connectivity index (χ2n) is 6.34. The van der Waals surface area contributed by atoms with Crippen LogP contribution < -0.4 is 5.32 Å². The zero-order valence-electron chi connectivity index (χ0n) is 13.7. The van der Waals surface area contributed by atoms with Gasteiger partial charge in [0.05, 0.1) is 12.2 Å². The molecule has 5 heteroatoms. The third-order valence-corrected chi connectivity index (χ3v) is 4.64. The van der Waals surface area contributed by atoms with Crippen molar-refractivity contribution in [2.24, 2.45) is 0 Å². The summed E-state index contributed by atoms with van der Waals surface area (Å²) in [5.74, 6) is -0.159. The molecule has 0 radical (unpaired) electrons. The maximum atomic E-state index is 12.3. The number of benzene rings is 1. The van der Waals surface area contributed by atoms with Crippen molar-refractivity contribution in [1.29, 1.82) is 0 Å². The lowest BCUT2D eigenvalue weighted by molar-refractivity contribution is 0.0945. The van der Waals surface area contributed by atoms with E-state index in [1.54, 1.807) is 6.20 Å². The second kappa shape index (κ2) is 7.40. The first-order valence-corrected chi connectivity index (χ1v) is 8.48. The van der Waals surface area contributed by atoms with E-state index in [1.807, 2.05) is 35.9 Å². The third kappa shape index (κ3) is 3.97. The molecule has 122 valence electrons. The minimum atomic E-state index is -0.159. The molecule has 0 bridgehead atoms. The maximum absolute atomic E-state index is 12.3. The summed E-state index contributed by atoms with van der Waals surface area (Å²) in [6.45, 7) is 2.56. The molecule has 0 atom stereocenters. The zero-order chi connectivity index (χ0) is 16.1. The summed E-state index contributed by atoms with van der Waals surface area (Å²) in [5.41, 5.74) is 2.70. The van der Waals surface area contributed by atoms with Crippen LogP contribution in [0, 0.1) is 6.92 Å². The predicted octanol–water partition coefficient (Wildman–Crippen LogP) is 3.41. The average Bonchev–Trinajstić information content (AvgIpc) is 2.90. The van der Waals surface area contributed by atoms with Gasteiger partial charge in [-0.15, -0.1) is 5.10 Å². The van der Waals surface area contributed by atoms with E-state index in [-0.39, 0.29) is 5.91 Å². The van der Waals surface area contributed by atoms with Gasteiger partial charge in [-0.25, -0.2) is 4.68 Å². The van der Waals surface area contributed by atoms with Gasteiger partial charge in [0, 0.05) is 6.54 Å². The van der Waals surface area contributed by atoms with Gasteiger partial charge in [0.15, 0.2) is 5.69 Å². The van der Waals surface area contributed by atoms with Gasteiger partial charge in [-0.3, -0.25) is 4.79 Å². The molecule has 1 aromatic carbocycles. The van der Waals surface area contributed by atoms with Crippen LogP contribution in [0.15, 0.2) is 30.5 Å². The van der Waals surface area contributed by atoms with Gasteiger partial charge < -0.3 is 5.32 Å². The van der Waals surface area contributed by atoms with Crippen LogP contribution >= 0.6 is 0 Å². The highest BCUT2D eigenvalue weighted by molar-refractivity contribution is 5.91. The molecule has 1 aromatic heterocycles. The molecule has 0 aliphatic heterocycles. The van der Waals surface area contributed by atoms with E-state index in [0.717, 1.165) is 18.4 Å². The van der Waals surface area contributed by atoms with Gasteiger partial charge in [-0.1, -0.05) is 55.2 Å². The molecule has 23 heavy (non-hydrogen) atoms. The fourth-order valence-corrected chi connectivity index (χ4v) is 3.16. The highest BCUT2D eigenvalue weighted by atomic mass is 16.2. The van der Waals surface area contributed by atoms with Gasteiger partial charge in [0.1, 0.15) is 0 Å². The second-order valence-corrected chi connectivity index (χ2v) is 6.34. The number of hydrogen-bond acceptors (Lipinski definition) is 3. The van der Waals surface area contributed by atoms with Gasteiger partial charge >= 0.3 is 0 Å². The lowest BCUT2D eigenvalue weighted by Crippen LogP contribution is -2.23. The largest absolute Gasteiger partial charge is 0.347 e. The zero-order valence-corrected chi connectivity index (χ0v) is 13.7. The van der Waals surface area contributed by atoms with Crippen LogP contribution in [0.1, 0.15) is 66.2 Å². The van der Waals surface area contributed by atoms with Crippen molar-refractivity contribution in [1.82, 2.24) is 20.3 Å². The Morgan fingerprint density at radius 3 is 2.70 bits per heavy atom. The number of carbonyl (C=O) groups excluding carboxylic acids is 1. The van der Waals surface area contributed by atoms with Crippen LogP contribution in [0.4, 0.5) is 0 Å². The van der Waals surface area contributed by atoms with Crippen molar-refractivity contribution < 1.29 is 4.79 Å². The van der Waals surface area contributed by atoms with Crippen molar-refractivity contribution in [3.63, 3.8) is 0 Å². The molecule has 3 rings (SSSR count). The molecular weight excluding hydrogens is 288 g/mol. The number of nitrogens with zero attached hydrogens (tertiary/aromatic N) is 3. The number of aryl methyl sites for hydroxylation is 1. The lowest BCUT2D eigenvalue weighted by atomic mass is 10.1. The van der Waals surface area contributed by atoms with Crippen LogP contribution in [0.2, 0.25) is 0 Å². The average molecular weight is 312 g/mol. The Bertz CT molecular complexity index is 657. The minimum absolute atomic E-state index is 0.159. The third-order valence-electron chi connectivity index (χ3n) is 4.64. The predicted molar refractivity (Wildman–Crippen MR) is 89.1 cm³/mol. The number of amides is 1. The molecular formula is C18H24N4O. The van der Waals surface area contributed by atoms with E-state index in [9.17, 15) is 4.79 Å². The van der Waals surface area contributed by atoms with E-state index in [4.69, 9.17) is 0 Å². The van der Waals surface area contributed by atoms with Crippen molar-refractivity contribution in [2.45, 2.75) is 58.0 Å². The molecule has 0 unspecified atom stereocenters. The first-order chi connectivity index (χ1) is 11.2. The lowest BCUT2D eigenvalue weighted by Gasteiger charge is -2.12. The fourth-order valence-electron chi connectivity index (χ4n) is 3.16. The van der Waals surface area contributed by atoms with E-state index >= 15 is 0 Å². The molecule has 1 fully saturated rings. The van der Waals surface area contributed by atoms with Crippen LogP contribution in [0.3, 0.4) is 0 Å².